The number of ether oxygens (including phenoxy) is 1. The number of hydrogen-bond acceptors (Lipinski definition) is 3. The Balaban J connectivity index is 2.20. The van der Waals surface area contributed by atoms with Crippen molar-refractivity contribution in [2.45, 2.75) is 64.5 Å². The third-order valence-corrected chi connectivity index (χ3v) is 2.94. The Kier molecular flexibility index (Phi) is 5.09. The molecule has 3 nitrogen and oxygen atoms in total. The van der Waals surface area contributed by atoms with Crippen molar-refractivity contribution < 1.29 is 9.53 Å². The standard InChI is InChI=1S/C12H23NO2/c1-9(2)7-8-11(13)12(14)15-10-5-3-4-6-10/h9-11H,3-8,13H2,1-2H3/t11-/m0/s1. The number of esters is 1. The Labute approximate surface area is 92.4 Å². The van der Waals surface area contributed by atoms with E-state index in [1.54, 1.807) is 0 Å². The van der Waals surface area contributed by atoms with Crippen LogP contribution in [0.2, 0.25) is 0 Å². The maximum absolute atomic E-state index is 11.6. The summed E-state index contributed by atoms with van der Waals surface area (Å²) in [6.07, 6.45) is 6.26. The second-order valence-electron chi connectivity index (χ2n) is 4.92. The van der Waals surface area contributed by atoms with Crippen LogP contribution in [0.15, 0.2) is 0 Å². The fraction of sp³-hybridized carbons (Fsp3) is 0.917. The maximum Gasteiger partial charge on any atom is 0.323 e. The van der Waals surface area contributed by atoms with Gasteiger partial charge < -0.3 is 10.5 Å². The zero-order valence-electron chi connectivity index (χ0n) is 9.87. The molecule has 0 amide bonds. The number of hydrogen-bond donors (Lipinski definition) is 1. The normalized spacial score (nSPS) is 19.5. The van der Waals surface area contributed by atoms with Crippen molar-refractivity contribution in [3.8, 4) is 0 Å². The highest BCUT2D eigenvalue weighted by Crippen LogP contribution is 2.21. The molecule has 15 heavy (non-hydrogen) atoms. The zero-order valence-corrected chi connectivity index (χ0v) is 9.87. The van der Waals surface area contributed by atoms with Gasteiger partial charge in [0, 0.05) is 0 Å². The summed E-state index contributed by atoms with van der Waals surface area (Å²) < 4.78 is 5.34. The first kappa shape index (κ1) is 12.5. The molecule has 0 spiro atoms. The van der Waals surface area contributed by atoms with E-state index in [2.05, 4.69) is 13.8 Å². The third kappa shape index (κ3) is 4.65. The minimum Gasteiger partial charge on any atom is -0.461 e. The number of carbonyl (C=O) groups is 1. The van der Waals surface area contributed by atoms with E-state index < -0.39 is 6.04 Å². The van der Waals surface area contributed by atoms with Crippen LogP contribution in [0, 0.1) is 5.92 Å². The average Bonchev–Trinajstić information content (AvgIpc) is 2.66. The largest absolute Gasteiger partial charge is 0.461 e. The van der Waals surface area contributed by atoms with Crippen molar-refractivity contribution in [1.29, 1.82) is 0 Å². The summed E-state index contributed by atoms with van der Waals surface area (Å²) in [4.78, 5) is 11.6. The highest BCUT2D eigenvalue weighted by Gasteiger charge is 2.22. The van der Waals surface area contributed by atoms with Gasteiger partial charge in [0.2, 0.25) is 0 Å². The fourth-order valence-electron chi connectivity index (χ4n) is 1.89. The number of rotatable bonds is 5. The van der Waals surface area contributed by atoms with Gasteiger partial charge in [0.05, 0.1) is 0 Å². The van der Waals surface area contributed by atoms with E-state index in [9.17, 15) is 4.79 Å². The molecule has 0 heterocycles. The summed E-state index contributed by atoms with van der Waals surface area (Å²) in [6, 6.07) is -0.423. The molecule has 1 aliphatic rings. The lowest BCUT2D eigenvalue weighted by molar-refractivity contribution is -0.150. The molecular weight excluding hydrogens is 190 g/mol. The van der Waals surface area contributed by atoms with Gasteiger partial charge in [-0.25, -0.2) is 0 Å². The van der Waals surface area contributed by atoms with Crippen LogP contribution in [0.3, 0.4) is 0 Å². The van der Waals surface area contributed by atoms with E-state index in [0.29, 0.717) is 5.92 Å². The summed E-state index contributed by atoms with van der Waals surface area (Å²) in [5.74, 6) is 0.387. The maximum atomic E-state index is 11.6. The molecule has 1 aliphatic carbocycles. The van der Waals surface area contributed by atoms with Crippen molar-refractivity contribution in [3.05, 3.63) is 0 Å². The molecule has 1 fully saturated rings. The van der Waals surface area contributed by atoms with Crippen LogP contribution in [0.4, 0.5) is 0 Å². The van der Waals surface area contributed by atoms with Gasteiger partial charge >= 0.3 is 5.97 Å². The lowest BCUT2D eigenvalue weighted by Gasteiger charge is -2.16. The molecule has 1 rings (SSSR count). The van der Waals surface area contributed by atoms with Crippen molar-refractivity contribution >= 4 is 5.97 Å². The first-order valence-corrected chi connectivity index (χ1v) is 6.05. The van der Waals surface area contributed by atoms with E-state index in [-0.39, 0.29) is 12.1 Å². The van der Waals surface area contributed by atoms with Crippen molar-refractivity contribution in [2.24, 2.45) is 11.7 Å². The van der Waals surface area contributed by atoms with Gasteiger partial charge in [-0.15, -0.1) is 0 Å². The van der Waals surface area contributed by atoms with Gasteiger partial charge in [-0.2, -0.15) is 0 Å². The molecule has 0 saturated heterocycles. The molecule has 0 aliphatic heterocycles. The van der Waals surface area contributed by atoms with Gasteiger partial charge in [0.1, 0.15) is 12.1 Å². The van der Waals surface area contributed by atoms with Crippen molar-refractivity contribution in [1.82, 2.24) is 0 Å². The van der Waals surface area contributed by atoms with Gasteiger partial charge in [0.15, 0.2) is 0 Å². The lowest BCUT2D eigenvalue weighted by atomic mass is 10.0. The van der Waals surface area contributed by atoms with Gasteiger partial charge in [-0.3, -0.25) is 4.79 Å². The SMILES string of the molecule is CC(C)CC[C@H](N)C(=O)OC1CCCC1. The lowest BCUT2D eigenvalue weighted by Crippen LogP contribution is -2.34. The Morgan fingerprint density at radius 2 is 1.93 bits per heavy atom. The first-order chi connectivity index (χ1) is 7.09. The van der Waals surface area contributed by atoms with E-state index in [0.717, 1.165) is 25.7 Å². The van der Waals surface area contributed by atoms with Crippen molar-refractivity contribution in [3.63, 3.8) is 0 Å². The Hall–Kier alpha value is -0.570. The molecule has 0 aromatic carbocycles. The summed E-state index contributed by atoms with van der Waals surface area (Å²) >= 11 is 0. The Morgan fingerprint density at radius 3 is 2.47 bits per heavy atom. The molecule has 0 bridgehead atoms. The van der Waals surface area contributed by atoms with E-state index >= 15 is 0 Å². The second kappa shape index (κ2) is 6.11. The quantitative estimate of drug-likeness (QED) is 0.712. The van der Waals surface area contributed by atoms with Crippen LogP contribution < -0.4 is 5.73 Å². The van der Waals surface area contributed by atoms with Crippen LogP contribution in [0.1, 0.15) is 52.4 Å². The van der Waals surface area contributed by atoms with E-state index in [1.807, 2.05) is 0 Å². The van der Waals surface area contributed by atoms with Crippen LogP contribution >= 0.6 is 0 Å². The molecule has 0 unspecified atom stereocenters. The van der Waals surface area contributed by atoms with Gasteiger partial charge in [0.25, 0.3) is 0 Å². The fourth-order valence-corrected chi connectivity index (χ4v) is 1.89. The summed E-state index contributed by atoms with van der Waals surface area (Å²) in [5, 5.41) is 0. The van der Waals surface area contributed by atoms with Gasteiger partial charge in [-0.1, -0.05) is 13.8 Å². The monoisotopic (exact) mass is 213 g/mol. The second-order valence-corrected chi connectivity index (χ2v) is 4.92. The summed E-state index contributed by atoms with van der Waals surface area (Å²) in [7, 11) is 0. The molecule has 1 atom stereocenters. The number of carbonyl (C=O) groups excluding carboxylic acids is 1. The molecule has 3 heteroatoms. The van der Waals surface area contributed by atoms with Crippen LogP contribution in [0.25, 0.3) is 0 Å². The number of nitrogens with two attached hydrogens (primary N) is 1. The van der Waals surface area contributed by atoms with E-state index in [4.69, 9.17) is 10.5 Å². The average molecular weight is 213 g/mol. The van der Waals surface area contributed by atoms with Gasteiger partial charge in [-0.05, 0) is 44.4 Å². The summed E-state index contributed by atoms with van der Waals surface area (Å²) in [6.45, 7) is 4.27. The highest BCUT2D eigenvalue weighted by atomic mass is 16.5. The molecular formula is C12H23NO2. The smallest absolute Gasteiger partial charge is 0.323 e. The molecule has 0 aromatic rings. The molecule has 1 saturated carbocycles. The molecule has 88 valence electrons. The minimum absolute atomic E-state index is 0.141. The molecule has 0 aromatic heterocycles. The molecule has 2 N–H and O–H groups in total. The van der Waals surface area contributed by atoms with Crippen LogP contribution in [0.5, 0.6) is 0 Å². The molecule has 0 radical (unpaired) electrons. The predicted molar refractivity (Wildman–Crippen MR) is 60.4 cm³/mol. The Morgan fingerprint density at radius 1 is 1.33 bits per heavy atom. The summed E-state index contributed by atoms with van der Waals surface area (Å²) in [5.41, 5.74) is 5.77. The third-order valence-electron chi connectivity index (χ3n) is 2.94. The Bertz CT molecular complexity index is 198. The minimum atomic E-state index is -0.423. The zero-order chi connectivity index (χ0) is 11.3. The first-order valence-electron chi connectivity index (χ1n) is 6.05. The van der Waals surface area contributed by atoms with Crippen LogP contribution in [-0.4, -0.2) is 18.1 Å². The predicted octanol–water partition coefficient (Wildman–Crippen LogP) is 2.24. The topological polar surface area (TPSA) is 52.3 Å². The highest BCUT2D eigenvalue weighted by molar-refractivity contribution is 5.75. The van der Waals surface area contributed by atoms with E-state index in [1.165, 1.54) is 12.8 Å². The van der Waals surface area contributed by atoms with Crippen LogP contribution in [-0.2, 0) is 9.53 Å². The van der Waals surface area contributed by atoms with Crippen molar-refractivity contribution in [2.75, 3.05) is 0 Å².